The standard InChI is InChI=1S/C31H30ClF5N4O5/c1-3-46-30(45)19-7-9-22(10-8-19)41-28(31(35,36)37)23(14-38-41)29(44)40(15-18-11-20(33)13-21(34)12-18)16-26(43)27-24(32)5-4-6-25(27)39-17(2)42/h4-6,11-14,19,22H,3,7-10,15-16H2,1-2H3,(H,39,42). The topological polar surface area (TPSA) is 111 Å². The third-order valence-corrected chi connectivity index (χ3v) is 7.79. The lowest BCUT2D eigenvalue weighted by Gasteiger charge is -2.29. The number of nitrogens with one attached hydrogen (secondary N) is 1. The van der Waals surface area contributed by atoms with E-state index in [2.05, 4.69) is 10.4 Å². The Morgan fingerprint density at radius 1 is 1.07 bits per heavy atom. The van der Waals surface area contributed by atoms with Gasteiger partial charge in [-0.05, 0) is 62.4 Å². The van der Waals surface area contributed by atoms with Crippen LogP contribution in [0.25, 0.3) is 0 Å². The Morgan fingerprint density at radius 3 is 2.30 bits per heavy atom. The maximum absolute atomic E-state index is 14.6. The number of aromatic nitrogens is 2. The predicted molar refractivity (Wildman–Crippen MR) is 156 cm³/mol. The highest BCUT2D eigenvalue weighted by atomic mass is 35.5. The van der Waals surface area contributed by atoms with E-state index < -0.39 is 77.7 Å². The van der Waals surface area contributed by atoms with E-state index in [1.165, 1.54) is 25.1 Å². The number of benzene rings is 2. The van der Waals surface area contributed by atoms with Crippen molar-refractivity contribution >= 4 is 40.9 Å². The molecular formula is C31H30ClF5N4O5. The molecule has 1 aromatic heterocycles. The summed E-state index contributed by atoms with van der Waals surface area (Å²) in [7, 11) is 0. The van der Waals surface area contributed by atoms with Crippen molar-refractivity contribution in [2.75, 3.05) is 18.5 Å². The second kappa shape index (κ2) is 14.4. The molecule has 3 aromatic rings. The highest BCUT2D eigenvalue weighted by Gasteiger charge is 2.43. The molecule has 0 aliphatic heterocycles. The third-order valence-electron chi connectivity index (χ3n) is 7.48. The molecule has 2 aromatic carbocycles. The molecule has 246 valence electrons. The first-order valence-electron chi connectivity index (χ1n) is 14.3. The van der Waals surface area contributed by atoms with Gasteiger partial charge in [-0.25, -0.2) is 8.78 Å². The molecule has 1 aliphatic carbocycles. The smallest absolute Gasteiger partial charge is 0.433 e. The van der Waals surface area contributed by atoms with E-state index in [0.29, 0.717) is 15.6 Å². The number of carbonyl (C=O) groups is 4. The fraction of sp³-hybridized carbons (Fsp3) is 0.387. The molecule has 1 heterocycles. The van der Waals surface area contributed by atoms with E-state index >= 15 is 0 Å². The molecule has 1 aliphatic rings. The number of ether oxygens (including phenoxy) is 1. The minimum atomic E-state index is -5.07. The van der Waals surface area contributed by atoms with Crippen LogP contribution >= 0.6 is 11.6 Å². The van der Waals surface area contributed by atoms with Crippen molar-refractivity contribution in [1.29, 1.82) is 0 Å². The molecule has 46 heavy (non-hydrogen) atoms. The van der Waals surface area contributed by atoms with Gasteiger partial charge in [-0.1, -0.05) is 17.7 Å². The lowest BCUT2D eigenvalue weighted by molar-refractivity contribution is -0.151. The van der Waals surface area contributed by atoms with Crippen molar-refractivity contribution in [2.45, 2.75) is 58.3 Å². The van der Waals surface area contributed by atoms with E-state index in [1.807, 2.05) is 0 Å². The second-order valence-corrected chi connectivity index (χ2v) is 11.2. The van der Waals surface area contributed by atoms with Gasteiger partial charge in [0.1, 0.15) is 11.6 Å². The van der Waals surface area contributed by atoms with Crippen LogP contribution in [-0.4, -0.2) is 51.4 Å². The van der Waals surface area contributed by atoms with Crippen molar-refractivity contribution in [3.05, 3.63) is 81.6 Å². The zero-order valence-electron chi connectivity index (χ0n) is 24.8. The minimum absolute atomic E-state index is 0.00331. The van der Waals surface area contributed by atoms with Gasteiger partial charge in [0, 0.05) is 19.5 Å². The lowest BCUT2D eigenvalue weighted by Crippen LogP contribution is -2.37. The summed E-state index contributed by atoms with van der Waals surface area (Å²) >= 11 is 6.25. The van der Waals surface area contributed by atoms with Crippen molar-refractivity contribution in [3.8, 4) is 0 Å². The summed E-state index contributed by atoms with van der Waals surface area (Å²) in [6, 6.07) is 5.71. The zero-order chi connectivity index (χ0) is 33.8. The molecule has 0 spiro atoms. The molecule has 2 amide bonds. The first-order valence-corrected chi connectivity index (χ1v) is 14.7. The van der Waals surface area contributed by atoms with Crippen molar-refractivity contribution in [2.24, 2.45) is 5.92 Å². The zero-order valence-corrected chi connectivity index (χ0v) is 25.6. The Bertz CT molecular complexity index is 1620. The summed E-state index contributed by atoms with van der Waals surface area (Å²) < 4.78 is 77.6. The van der Waals surface area contributed by atoms with Crippen LogP contribution in [0.4, 0.5) is 27.6 Å². The van der Waals surface area contributed by atoms with Gasteiger partial charge in [0.05, 0.1) is 53.1 Å². The summed E-state index contributed by atoms with van der Waals surface area (Å²) in [6.07, 6.45) is -3.50. The van der Waals surface area contributed by atoms with Gasteiger partial charge in [-0.3, -0.25) is 23.9 Å². The number of amides is 2. The Labute approximate surface area is 265 Å². The summed E-state index contributed by atoms with van der Waals surface area (Å²) in [5, 5.41) is 6.24. The summed E-state index contributed by atoms with van der Waals surface area (Å²) in [5.74, 6) is -5.60. The van der Waals surface area contributed by atoms with Crippen LogP contribution in [0.5, 0.6) is 0 Å². The van der Waals surface area contributed by atoms with Crippen molar-refractivity contribution in [1.82, 2.24) is 14.7 Å². The fourth-order valence-electron chi connectivity index (χ4n) is 5.54. The number of rotatable bonds is 10. The van der Waals surface area contributed by atoms with Crippen LogP contribution in [0, 0.1) is 17.6 Å². The number of hydrogen-bond donors (Lipinski definition) is 1. The molecule has 0 atom stereocenters. The molecule has 0 bridgehead atoms. The molecule has 1 fully saturated rings. The Morgan fingerprint density at radius 2 is 1.72 bits per heavy atom. The second-order valence-electron chi connectivity index (χ2n) is 10.8. The van der Waals surface area contributed by atoms with E-state index in [9.17, 15) is 41.1 Å². The quantitative estimate of drug-likeness (QED) is 0.148. The summed E-state index contributed by atoms with van der Waals surface area (Å²) in [5.41, 5.74) is -2.61. The Kier molecular flexibility index (Phi) is 10.8. The molecular weight excluding hydrogens is 639 g/mol. The number of halogens is 6. The highest BCUT2D eigenvalue weighted by molar-refractivity contribution is 6.35. The number of hydrogen-bond acceptors (Lipinski definition) is 6. The molecule has 0 unspecified atom stereocenters. The first kappa shape index (κ1) is 34.5. The average molecular weight is 669 g/mol. The third kappa shape index (κ3) is 8.08. The fourth-order valence-corrected chi connectivity index (χ4v) is 5.82. The predicted octanol–water partition coefficient (Wildman–Crippen LogP) is 6.61. The lowest BCUT2D eigenvalue weighted by atomic mass is 9.86. The van der Waals surface area contributed by atoms with Crippen LogP contribution in [0.1, 0.15) is 77.5 Å². The van der Waals surface area contributed by atoms with Gasteiger partial charge in [-0.15, -0.1) is 0 Å². The largest absolute Gasteiger partial charge is 0.466 e. The van der Waals surface area contributed by atoms with Crippen LogP contribution in [0.3, 0.4) is 0 Å². The number of ketones is 1. The molecule has 9 nitrogen and oxygen atoms in total. The van der Waals surface area contributed by atoms with Gasteiger partial charge in [0.25, 0.3) is 5.91 Å². The molecule has 4 rings (SSSR count). The Balaban J connectivity index is 1.71. The SMILES string of the molecule is CCOC(=O)C1CCC(n2ncc(C(=O)N(CC(=O)c3c(Cl)cccc3NC(C)=O)Cc3cc(F)cc(F)c3)c2C(F)(F)F)CC1. The van der Waals surface area contributed by atoms with Crippen LogP contribution in [0.15, 0.2) is 42.6 Å². The molecule has 0 radical (unpaired) electrons. The van der Waals surface area contributed by atoms with Crippen molar-refractivity contribution in [3.63, 3.8) is 0 Å². The molecule has 15 heteroatoms. The van der Waals surface area contributed by atoms with Gasteiger partial charge >= 0.3 is 12.1 Å². The van der Waals surface area contributed by atoms with Crippen LogP contribution in [0.2, 0.25) is 5.02 Å². The number of esters is 1. The first-order chi connectivity index (χ1) is 21.7. The summed E-state index contributed by atoms with van der Waals surface area (Å²) in [4.78, 5) is 52.0. The number of nitrogens with zero attached hydrogens (tertiary/aromatic N) is 3. The molecule has 0 saturated heterocycles. The minimum Gasteiger partial charge on any atom is -0.466 e. The van der Waals surface area contributed by atoms with Gasteiger partial charge < -0.3 is 15.0 Å². The maximum Gasteiger partial charge on any atom is 0.433 e. The van der Waals surface area contributed by atoms with E-state index in [0.717, 1.165) is 18.3 Å². The summed E-state index contributed by atoms with van der Waals surface area (Å²) in [6.45, 7) is 1.48. The number of carbonyl (C=O) groups excluding carboxylic acids is 4. The number of anilines is 1. The maximum atomic E-state index is 14.6. The van der Waals surface area contributed by atoms with Crippen molar-refractivity contribution < 1.29 is 45.9 Å². The molecule has 1 N–H and O–H groups in total. The van der Waals surface area contributed by atoms with Gasteiger partial charge in [0.2, 0.25) is 5.91 Å². The average Bonchev–Trinajstić information content (AvgIpc) is 3.42. The normalized spacial score (nSPS) is 16.5. The van der Waals surface area contributed by atoms with Crippen LogP contribution in [-0.2, 0) is 27.0 Å². The molecule has 1 saturated carbocycles. The van der Waals surface area contributed by atoms with Gasteiger partial charge in [0.15, 0.2) is 11.5 Å². The highest BCUT2D eigenvalue weighted by Crippen LogP contribution is 2.39. The number of Topliss-reactive ketones (excluding diaryl/α,β-unsaturated/α-hetero) is 1. The van der Waals surface area contributed by atoms with Gasteiger partial charge in [-0.2, -0.15) is 18.3 Å². The van der Waals surface area contributed by atoms with E-state index in [4.69, 9.17) is 16.3 Å². The van der Waals surface area contributed by atoms with E-state index in [-0.39, 0.29) is 54.1 Å². The van der Waals surface area contributed by atoms with Crippen LogP contribution < -0.4 is 5.32 Å². The van der Waals surface area contributed by atoms with E-state index in [1.54, 1.807) is 6.92 Å². The Hall–Kier alpha value is -4.33. The number of alkyl halides is 3. The monoisotopic (exact) mass is 668 g/mol.